The Balaban J connectivity index is 1.33. The van der Waals surface area contributed by atoms with Gasteiger partial charge < -0.3 is 19.9 Å². The summed E-state index contributed by atoms with van der Waals surface area (Å²) in [7, 11) is 0. The van der Waals surface area contributed by atoms with Gasteiger partial charge in [-0.3, -0.25) is 4.79 Å². The van der Waals surface area contributed by atoms with E-state index in [9.17, 15) is 4.79 Å². The molecule has 6 nitrogen and oxygen atoms in total. The second-order valence-corrected chi connectivity index (χ2v) is 6.37. The summed E-state index contributed by atoms with van der Waals surface area (Å²) in [5, 5.41) is 4.16. The van der Waals surface area contributed by atoms with Gasteiger partial charge in [-0.15, -0.1) is 0 Å². The first-order valence-electron chi connectivity index (χ1n) is 8.93. The van der Waals surface area contributed by atoms with Crippen molar-refractivity contribution in [2.45, 2.75) is 6.42 Å². The number of H-pyrrole nitrogens is 1. The summed E-state index contributed by atoms with van der Waals surface area (Å²) in [5.41, 5.74) is 3.80. The number of morpholine rings is 1. The molecule has 0 spiro atoms. The summed E-state index contributed by atoms with van der Waals surface area (Å²) in [6, 6.07) is 11.9. The van der Waals surface area contributed by atoms with Crippen molar-refractivity contribution < 1.29 is 9.53 Å². The number of anilines is 1. The third kappa shape index (κ3) is 3.55. The number of hydrogen-bond acceptors (Lipinski definition) is 4. The van der Waals surface area contributed by atoms with E-state index in [-0.39, 0.29) is 5.91 Å². The Hall–Kier alpha value is -2.86. The second-order valence-electron chi connectivity index (χ2n) is 6.37. The molecule has 1 aliphatic heterocycles. The number of fused-ring (bicyclic) bond motifs is 1. The van der Waals surface area contributed by atoms with Crippen molar-refractivity contribution >= 4 is 22.5 Å². The molecular weight excluding hydrogens is 328 g/mol. The molecule has 0 bridgehead atoms. The Morgan fingerprint density at radius 3 is 2.85 bits per heavy atom. The number of pyridine rings is 1. The van der Waals surface area contributed by atoms with Crippen molar-refractivity contribution in [1.29, 1.82) is 0 Å². The van der Waals surface area contributed by atoms with Gasteiger partial charge in [-0.25, -0.2) is 4.98 Å². The molecule has 1 aromatic carbocycles. The third-order valence-electron chi connectivity index (χ3n) is 4.71. The fourth-order valence-corrected chi connectivity index (χ4v) is 3.27. The molecule has 3 heterocycles. The maximum atomic E-state index is 12.3. The summed E-state index contributed by atoms with van der Waals surface area (Å²) in [6.45, 7) is 3.76. The van der Waals surface area contributed by atoms with Gasteiger partial charge in [-0.05, 0) is 30.2 Å². The highest BCUT2D eigenvalue weighted by Crippen LogP contribution is 2.18. The van der Waals surface area contributed by atoms with Gasteiger partial charge in [0.25, 0.3) is 5.91 Å². The van der Waals surface area contributed by atoms with E-state index < -0.39 is 0 Å². The number of rotatable bonds is 5. The molecule has 134 valence electrons. The quantitative estimate of drug-likeness (QED) is 0.741. The highest BCUT2D eigenvalue weighted by molar-refractivity contribution is 5.92. The first kappa shape index (κ1) is 16.6. The predicted molar refractivity (Wildman–Crippen MR) is 102 cm³/mol. The molecule has 1 saturated heterocycles. The molecule has 3 aromatic rings. The third-order valence-corrected chi connectivity index (χ3v) is 4.71. The predicted octanol–water partition coefficient (Wildman–Crippen LogP) is 2.37. The van der Waals surface area contributed by atoms with Gasteiger partial charge in [0, 0.05) is 36.7 Å². The first-order chi connectivity index (χ1) is 12.8. The zero-order chi connectivity index (χ0) is 17.8. The van der Waals surface area contributed by atoms with Crippen LogP contribution >= 0.6 is 0 Å². The largest absolute Gasteiger partial charge is 0.378 e. The Bertz CT molecular complexity index is 882. The number of carbonyl (C=O) groups excluding carboxylic acids is 1. The molecule has 0 atom stereocenters. The Labute approximate surface area is 152 Å². The Morgan fingerprint density at radius 2 is 2.04 bits per heavy atom. The van der Waals surface area contributed by atoms with Crippen molar-refractivity contribution in [3.8, 4) is 0 Å². The van der Waals surface area contributed by atoms with E-state index in [2.05, 4.69) is 32.3 Å². The molecular formula is C20H22N4O2. The van der Waals surface area contributed by atoms with Crippen LogP contribution in [0.3, 0.4) is 0 Å². The van der Waals surface area contributed by atoms with Gasteiger partial charge in [0.1, 0.15) is 5.69 Å². The van der Waals surface area contributed by atoms with E-state index in [0.29, 0.717) is 12.2 Å². The Morgan fingerprint density at radius 1 is 1.19 bits per heavy atom. The number of para-hydroxylation sites is 1. The molecule has 2 N–H and O–H groups in total. The van der Waals surface area contributed by atoms with Crippen LogP contribution in [0.1, 0.15) is 16.1 Å². The monoisotopic (exact) mass is 350 g/mol. The molecule has 0 unspecified atom stereocenters. The van der Waals surface area contributed by atoms with Gasteiger partial charge in [-0.1, -0.05) is 18.2 Å². The second kappa shape index (κ2) is 7.58. The average molecular weight is 350 g/mol. The number of nitrogens with one attached hydrogen (secondary N) is 2. The number of nitrogens with zero attached hydrogens (tertiary/aromatic N) is 2. The molecule has 26 heavy (non-hydrogen) atoms. The minimum atomic E-state index is -0.140. The molecule has 2 aromatic heterocycles. The molecule has 1 aliphatic rings. The van der Waals surface area contributed by atoms with Gasteiger partial charge in [0.15, 0.2) is 0 Å². The minimum absolute atomic E-state index is 0.140. The van der Waals surface area contributed by atoms with Crippen molar-refractivity contribution in [2.24, 2.45) is 0 Å². The minimum Gasteiger partial charge on any atom is -0.378 e. The van der Waals surface area contributed by atoms with E-state index >= 15 is 0 Å². The lowest BCUT2D eigenvalue weighted by Gasteiger charge is -2.28. The van der Waals surface area contributed by atoms with Crippen molar-refractivity contribution in [3.63, 3.8) is 0 Å². The standard InChI is InChI=1S/C20H22N4O2/c25-20(19-6-5-16(14-23-19)24-9-11-26-12-10-24)21-8-7-15-13-22-18-4-2-1-3-17(15)18/h1-6,13-14,22H,7-12H2,(H,21,25). The van der Waals surface area contributed by atoms with Crippen LogP contribution in [-0.2, 0) is 11.2 Å². The van der Waals surface area contributed by atoms with E-state index in [0.717, 1.165) is 43.9 Å². The normalized spacial score (nSPS) is 14.5. The van der Waals surface area contributed by atoms with Crippen LogP contribution in [0, 0.1) is 0 Å². The molecule has 0 saturated carbocycles. The maximum absolute atomic E-state index is 12.3. The van der Waals surface area contributed by atoms with Crippen LogP contribution in [0.2, 0.25) is 0 Å². The number of ether oxygens (including phenoxy) is 1. The van der Waals surface area contributed by atoms with Crippen LogP contribution in [0.15, 0.2) is 48.8 Å². The average Bonchev–Trinajstić information content (AvgIpc) is 3.12. The van der Waals surface area contributed by atoms with Crippen LogP contribution in [0.4, 0.5) is 5.69 Å². The number of aromatic amines is 1. The molecule has 1 fully saturated rings. The highest BCUT2D eigenvalue weighted by atomic mass is 16.5. The number of benzene rings is 1. The molecule has 0 radical (unpaired) electrons. The number of carbonyl (C=O) groups is 1. The number of aromatic nitrogens is 2. The first-order valence-corrected chi connectivity index (χ1v) is 8.93. The summed E-state index contributed by atoms with van der Waals surface area (Å²) < 4.78 is 5.36. The number of hydrogen-bond donors (Lipinski definition) is 2. The zero-order valence-electron chi connectivity index (χ0n) is 14.6. The highest BCUT2D eigenvalue weighted by Gasteiger charge is 2.13. The summed E-state index contributed by atoms with van der Waals surface area (Å²) >= 11 is 0. The van der Waals surface area contributed by atoms with Crippen LogP contribution in [-0.4, -0.2) is 48.7 Å². The molecule has 4 rings (SSSR count). The van der Waals surface area contributed by atoms with Gasteiger partial charge >= 0.3 is 0 Å². The molecule has 0 aliphatic carbocycles. The fraction of sp³-hybridized carbons (Fsp3) is 0.300. The summed E-state index contributed by atoms with van der Waals surface area (Å²) in [5.74, 6) is -0.140. The van der Waals surface area contributed by atoms with Crippen molar-refractivity contribution in [3.05, 3.63) is 60.0 Å². The van der Waals surface area contributed by atoms with Crippen LogP contribution < -0.4 is 10.2 Å². The van der Waals surface area contributed by atoms with E-state index in [4.69, 9.17) is 4.74 Å². The smallest absolute Gasteiger partial charge is 0.269 e. The van der Waals surface area contributed by atoms with E-state index in [1.165, 1.54) is 10.9 Å². The lowest BCUT2D eigenvalue weighted by Crippen LogP contribution is -2.36. The van der Waals surface area contributed by atoms with E-state index in [1.807, 2.05) is 24.4 Å². The zero-order valence-corrected chi connectivity index (χ0v) is 14.6. The molecule has 1 amide bonds. The Kier molecular flexibility index (Phi) is 4.84. The van der Waals surface area contributed by atoms with Crippen molar-refractivity contribution in [1.82, 2.24) is 15.3 Å². The summed E-state index contributed by atoms with van der Waals surface area (Å²) in [4.78, 5) is 22.1. The number of amides is 1. The SMILES string of the molecule is O=C(NCCc1c[nH]c2ccccc12)c1ccc(N2CCOCC2)cn1. The van der Waals surface area contributed by atoms with E-state index in [1.54, 1.807) is 12.3 Å². The van der Waals surface area contributed by atoms with Crippen molar-refractivity contribution in [2.75, 3.05) is 37.7 Å². The van der Waals surface area contributed by atoms with Crippen LogP contribution in [0.25, 0.3) is 10.9 Å². The van der Waals surface area contributed by atoms with Gasteiger partial charge in [0.05, 0.1) is 25.1 Å². The van der Waals surface area contributed by atoms with Gasteiger partial charge in [0.2, 0.25) is 0 Å². The summed E-state index contributed by atoms with van der Waals surface area (Å²) in [6.07, 6.45) is 4.55. The fourth-order valence-electron chi connectivity index (χ4n) is 3.27. The lowest BCUT2D eigenvalue weighted by atomic mass is 10.1. The van der Waals surface area contributed by atoms with Crippen LogP contribution in [0.5, 0.6) is 0 Å². The lowest BCUT2D eigenvalue weighted by molar-refractivity contribution is 0.0949. The topological polar surface area (TPSA) is 70.2 Å². The molecule has 6 heteroatoms. The van der Waals surface area contributed by atoms with Gasteiger partial charge in [-0.2, -0.15) is 0 Å². The maximum Gasteiger partial charge on any atom is 0.269 e.